The molecule has 0 fully saturated rings. The Hall–Kier alpha value is -1.58. The van der Waals surface area contributed by atoms with Crippen LogP contribution in [0.3, 0.4) is 0 Å². The molecular formula is C10H14N2O2. The molecule has 2 N–H and O–H groups in total. The number of carboxylic acid groups (broad SMARTS) is 1. The lowest BCUT2D eigenvalue weighted by molar-refractivity contribution is -0.141. The average Bonchev–Trinajstić information content (AvgIpc) is 2.18. The number of pyridine rings is 1. The molecule has 14 heavy (non-hydrogen) atoms. The summed E-state index contributed by atoms with van der Waals surface area (Å²) in [6.45, 7) is 3.50. The highest BCUT2D eigenvalue weighted by atomic mass is 16.4. The predicted octanol–water partition coefficient (Wildman–Crippen LogP) is 1.60. The molecule has 1 heterocycles. The summed E-state index contributed by atoms with van der Waals surface area (Å²) < 4.78 is 0. The van der Waals surface area contributed by atoms with Crippen LogP contribution >= 0.6 is 0 Å². The number of rotatable bonds is 4. The Morgan fingerprint density at radius 2 is 2.21 bits per heavy atom. The van der Waals surface area contributed by atoms with Crippen molar-refractivity contribution in [3.8, 4) is 0 Å². The zero-order valence-corrected chi connectivity index (χ0v) is 8.27. The second kappa shape index (κ2) is 4.60. The maximum absolute atomic E-state index is 10.7. The van der Waals surface area contributed by atoms with Gasteiger partial charge in [0.05, 0.1) is 5.92 Å². The number of nitrogens with one attached hydrogen (secondary N) is 1. The first-order chi connectivity index (χ1) is 6.61. The molecule has 0 aliphatic carbocycles. The third-order valence-electron chi connectivity index (χ3n) is 2.18. The number of aromatic nitrogens is 1. The van der Waals surface area contributed by atoms with Crippen LogP contribution in [-0.4, -0.2) is 22.1 Å². The quantitative estimate of drug-likeness (QED) is 0.764. The SMILES string of the molecule is CC(C(=O)O)[C@H](C)Nc1ccccn1. The van der Waals surface area contributed by atoms with Crippen LogP contribution < -0.4 is 5.32 Å². The fraction of sp³-hybridized carbons (Fsp3) is 0.400. The van der Waals surface area contributed by atoms with Gasteiger partial charge in [0.25, 0.3) is 0 Å². The Labute approximate surface area is 83.0 Å². The van der Waals surface area contributed by atoms with Gasteiger partial charge in [-0.2, -0.15) is 0 Å². The van der Waals surface area contributed by atoms with Gasteiger partial charge in [-0.05, 0) is 26.0 Å². The van der Waals surface area contributed by atoms with Crippen molar-refractivity contribution < 1.29 is 9.90 Å². The number of hydrogen-bond donors (Lipinski definition) is 2. The van der Waals surface area contributed by atoms with Gasteiger partial charge in [0.15, 0.2) is 0 Å². The highest BCUT2D eigenvalue weighted by Crippen LogP contribution is 2.09. The summed E-state index contributed by atoms with van der Waals surface area (Å²) in [5, 5.41) is 11.8. The minimum absolute atomic E-state index is 0.137. The first-order valence-electron chi connectivity index (χ1n) is 4.51. The van der Waals surface area contributed by atoms with Gasteiger partial charge >= 0.3 is 5.97 Å². The van der Waals surface area contributed by atoms with E-state index in [1.807, 2.05) is 25.1 Å². The molecule has 76 valence electrons. The molecule has 0 amide bonds. The van der Waals surface area contributed by atoms with E-state index in [2.05, 4.69) is 10.3 Å². The number of hydrogen-bond acceptors (Lipinski definition) is 3. The molecule has 2 atom stereocenters. The van der Waals surface area contributed by atoms with E-state index < -0.39 is 11.9 Å². The molecule has 0 aromatic carbocycles. The smallest absolute Gasteiger partial charge is 0.308 e. The van der Waals surface area contributed by atoms with Crippen molar-refractivity contribution in [2.45, 2.75) is 19.9 Å². The first kappa shape index (κ1) is 10.5. The normalized spacial score (nSPS) is 14.4. The van der Waals surface area contributed by atoms with Gasteiger partial charge < -0.3 is 10.4 Å². The molecule has 1 rings (SSSR count). The summed E-state index contributed by atoms with van der Waals surface area (Å²) >= 11 is 0. The van der Waals surface area contributed by atoms with Gasteiger partial charge in [-0.25, -0.2) is 4.98 Å². The molecule has 1 aromatic heterocycles. The van der Waals surface area contributed by atoms with E-state index in [9.17, 15) is 4.79 Å². The molecule has 1 aromatic rings. The lowest BCUT2D eigenvalue weighted by atomic mass is 10.0. The second-order valence-corrected chi connectivity index (χ2v) is 3.27. The maximum Gasteiger partial charge on any atom is 0.308 e. The van der Waals surface area contributed by atoms with Crippen LogP contribution in [0.2, 0.25) is 0 Å². The van der Waals surface area contributed by atoms with Crippen LogP contribution in [0.4, 0.5) is 5.82 Å². The minimum Gasteiger partial charge on any atom is -0.481 e. The van der Waals surface area contributed by atoms with E-state index >= 15 is 0 Å². The summed E-state index contributed by atoms with van der Waals surface area (Å²) in [5.41, 5.74) is 0. The van der Waals surface area contributed by atoms with Gasteiger partial charge in [-0.15, -0.1) is 0 Å². The highest BCUT2D eigenvalue weighted by molar-refractivity contribution is 5.70. The largest absolute Gasteiger partial charge is 0.481 e. The van der Waals surface area contributed by atoms with E-state index in [1.165, 1.54) is 0 Å². The Balaban J connectivity index is 2.57. The molecule has 1 unspecified atom stereocenters. The summed E-state index contributed by atoms with van der Waals surface area (Å²) in [6.07, 6.45) is 1.67. The Bertz CT molecular complexity index is 300. The molecular weight excluding hydrogens is 180 g/mol. The Morgan fingerprint density at radius 1 is 1.50 bits per heavy atom. The molecule has 4 heteroatoms. The van der Waals surface area contributed by atoms with E-state index in [0.717, 1.165) is 0 Å². The third-order valence-corrected chi connectivity index (χ3v) is 2.18. The van der Waals surface area contributed by atoms with Crippen molar-refractivity contribution >= 4 is 11.8 Å². The van der Waals surface area contributed by atoms with Gasteiger partial charge in [-0.3, -0.25) is 4.79 Å². The van der Waals surface area contributed by atoms with Crippen LogP contribution in [0, 0.1) is 5.92 Å². The molecule has 0 spiro atoms. The highest BCUT2D eigenvalue weighted by Gasteiger charge is 2.18. The fourth-order valence-corrected chi connectivity index (χ4v) is 1.02. The van der Waals surface area contributed by atoms with Crippen LogP contribution in [0.1, 0.15) is 13.8 Å². The van der Waals surface area contributed by atoms with Crippen molar-refractivity contribution in [3.05, 3.63) is 24.4 Å². The first-order valence-corrected chi connectivity index (χ1v) is 4.51. The van der Waals surface area contributed by atoms with Crippen LogP contribution in [-0.2, 0) is 4.79 Å². The van der Waals surface area contributed by atoms with Crippen molar-refractivity contribution in [2.24, 2.45) is 5.92 Å². The molecule has 0 bridgehead atoms. The van der Waals surface area contributed by atoms with Crippen molar-refractivity contribution in [2.75, 3.05) is 5.32 Å². The zero-order valence-electron chi connectivity index (χ0n) is 8.27. The Kier molecular flexibility index (Phi) is 3.45. The summed E-state index contributed by atoms with van der Waals surface area (Å²) in [5.74, 6) is -0.536. The van der Waals surface area contributed by atoms with Crippen molar-refractivity contribution in [1.82, 2.24) is 4.98 Å². The maximum atomic E-state index is 10.7. The fourth-order valence-electron chi connectivity index (χ4n) is 1.02. The van der Waals surface area contributed by atoms with Gasteiger partial charge in [-0.1, -0.05) is 6.07 Å². The third kappa shape index (κ3) is 2.73. The molecule has 0 aliphatic rings. The number of nitrogens with zero attached hydrogens (tertiary/aromatic N) is 1. The monoisotopic (exact) mass is 194 g/mol. The lowest BCUT2D eigenvalue weighted by Crippen LogP contribution is -2.29. The molecule has 0 saturated heterocycles. The van der Waals surface area contributed by atoms with Crippen LogP contribution in [0.25, 0.3) is 0 Å². The Morgan fingerprint density at radius 3 is 2.71 bits per heavy atom. The number of carboxylic acids is 1. The number of aliphatic carboxylic acids is 1. The number of anilines is 1. The summed E-state index contributed by atoms with van der Waals surface area (Å²) in [4.78, 5) is 14.7. The summed E-state index contributed by atoms with van der Waals surface area (Å²) in [6, 6.07) is 5.34. The topological polar surface area (TPSA) is 62.2 Å². The molecule has 0 saturated carbocycles. The minimum atomic E-state index is -0.805. The standard InChI is InChI=1S/C10H14N2O2/c1-7(10(13)14)8(2)12-9-5-3-4-6-11-9/h3-8H,1-2H3,(H,11,12)(H,13,14)/t7?,8-/m0/s1. The predicted molar refractivity (Wildman–Crippen MR) is 54.1 cm³/mol. The molecule has 0 aliphatic heterocycles. The lowest BCUT2D eigenvalue weighted by Gasteiger charge is -2.17. The average molecular weight is 194 g/mol. The second-order valence-electron chi connectivity index (χ2n) is 3.27. The summed E-state index contributed by atoms with van der Waals surface area (Å²) in [7, 11) is 0. The van der Waals surface area contributed by atoms with Gasteiger partial charge in [0, 0.05) is 12.2 Å². The molecule has 0 radical (unpaired) electrons. The number of carbonyl (C=O) groups is 1. The van der Waals surface area contributed by atoms with Crippen molar-refractivity contribution in [1.29, 1.82) is 0 Å². The van der Waals surface area contributed by atoms with E-state index in [4.69, 9.17) is 5.11 Å². The molecule has 4 nitrogen and oxygen atoms in total. The van der Waals surface area contributed by atoms with E-state index in [1.54, 1.807) is 13.1 Å². The van der Waals surface area contributed by atoms with Crippen LogP contribution in [0.5, 0.6) is 0 Å². The van der Waals surface area contributed by atoms with E-state index in [0.29, 0.717) is 5.82 Å². The van der Waals surface area contributed by atoms with Gasteiger partial charge in [0.2, 0.25) is 0 Å². The van der Waals surface area contributed by atoms with Crippen LogP contribution in [0.15, 0.2) is 24.4 Å². The van der Waals surface area contributed by atoms with Gasteiger partial charge in [0.1, 0.15) is 5.82 Å². The van der Waals surface area contributed by atoms with E-state index in [-0.39, 0.29) is 6.04 Å². The van der Waals surface area contributed by atoms with Crippen molar-refractivity contribution in [3.63, 3.8) is 0 Å². The zero-order chi connectivity index (χ0) is 10.6.